The highest BCUT2D eigenvalue weighted by atomic mass is 16.2. The maximum Gasteiger partial charge on any atom is 0.239 e. The molecule has 0 aromatic rings. The molecule has 2 heterocycles. The van der Waals surface area contributed by atoms with Gasteiger partial charge in [0.05, 0.1) is 0 Å². The molecule has 0 radical (unpaired) electrons. The Morgan fingerprint density at radius 2 is 1.90 bits per heavy atom. The van der Waals surface area contributed by atoms with E-state index in [0.29, 0.717) is 13.0 Å². The van der Waals surface area contributed by atoms with Gasteiger partial charge in [-0.05, 0) is 30.1 Å². The predicted octanol–water partition coefficient (Wildman–Crippen LogP) is 2.06. The molecule has 2 bridgehead atoms. The molecule has 0 aromatic heterocycles. The van der Waals surface area contributed by atoms with Gasteiger partial charge in [0, 0.05) is 26.7 Å². The largest absolute Gasteiger partial charge is 0.344 e. The summed E-state index contributed by atoms with van der Waals surface area (Å²) in [6.45, 7) is 8.63. The Bertz CT molecular complexity index is 525. The van der Waals surface area contributed by atoms with Gasteiger partial charge in [0.1, 0.15) is 5.41 Å². The second-order valence-corrected chi connectivity index (χ2v) is 7.76. The summed E-state index contributed by atoms with van der Waals surface area (Å²) in [5, 5.41) is 0. The molecular formula is C17H26N2O2. The molecule has 2 atom stereocenters. The summed E-state index contributed by atoms with van der Waals surface area (Å²) in [4.78, 5) is 30.0. The van der Waals surface area contributed by atoms with Crippen LogP contribution in [0.2, 0.25) is 0 Å². The highest BCUT2D eigenvalue weighted by Gasteiger charge is 2.71. The van der Waals surface area contributed by atoms with Crippen LogP contribution in [-0.4, -0.2) is 48.3 Å². The van der Waals surface area contributed by atoms with E-state index in [9.17, 15) is 9.59 Å². The number of amides is 2. The summed E-state index contributed by atoms with van der Waals surface area (Å²) in [6, 6.07) is 0. The molecule has 1 saturated carbocycles. The Balaban J connectivity index is 2.06. The van der Waals surface area contributed by atoms with Gasteiger partial charge in [-0.1, -0.05) is 32.9 Å². The van der Waals surface area contributed by atoms with Gasteiger partial charge in [0.15, 0.2) is 0 Å². The summed E-state index contributed by atoms with van der Waals surface area (Å²) < 4.78 is 0. The van der Waals surface area contributed by atoms with Crippen LogP contribution < -0.4 is 0 Å². The van der Waals surface area contributed by atoms with Crippen LogP contribution in [0, 0.1) is 16.2 Å². The molecule has 21 heavy (non-hydrogen) atoms. The van der Waals surface area contributed by atoms with Crippen LogP contribution in [0.15, 0.2) is 12.2 Å². The van der Waals surface area contributed by atoms with Crippen molar-refractivity contribution < 1.29 is 9.59 Å². The Hall–Kier alpha value is -1.32. The van der Waals surface area contributed by atoms with Crippen molar-refractivity contribution >= 4 is 11.8 Å². The lowest BCUT2D eigenvalue weighted by Gasteiger charge is -2.54. The van der Waals surface area contributed by atoms with Crippen molar-refractivity contribution in [3.05, 3.63) is 12.2 Å². The normalized spacial score (nSPS) is 38.0. The molecule has 2 fully saturated rings. The zero-order valence-corrected chi connectivity index (χ0v) is 13.6. The Morgan fingerprint density at radius 1 is 1.19 bits per heavy atom. The van der Waals surface area contributed by atoms with Crippen LogP contribution in [0.3, 0.4) is 0 Å². The summed E-state index contributed by atoms with van der Waals surface area (Å²) in [7, 11) is 1.85. The van der Waals surface area contributed by atoms with Crippen molar-refractivity contribution in [1.29, 1.82) is 0 Å². The van der Waals surface area contributed by atoms with Crippen molar-refractivity contribution in [3.63, 3.8) is 0 Å². The highest BCUT2D eigenvalue weighted by molar-refractivity contribution is 6.07. The average molecular weight is 290 g/mol. The van der Waals surface area contributed by atoms with Gasteiger partial charge >= 0.3 is 0 Å². The quantitative estimate of drug-likeness (QED) is 0.548. The second-order valence-electron chi connectivity index (χ2n) is 7.76. The molecule has 0 unspecified atom stereocenters. The third kappa shape index (κ3) is 1.62. The van der Waals surface area contributed by atoms with Crippen LogP contribution in [-0.2, 0) is 9.59 Å². The maximum atomic E-state index is 13.3. The third-order valence-corrected chi connectivity index (χ3v) is 6.64. The molecule has 1 saturated heterocycles. The first kappa shape index (κ1) is 14.6. The fourth-order valence-electron chi connectivity index (χ4n) is 4.74. The van der Waals surface area contributed by atoms with E-state index < -0.39 is 5.41 Å². The average Bonchev–Trinajstić information content (AvgIpc) is 2.58. The first-order valence-electron chi connectivity index (χ1n) is 7.96. The molecule has 3 aliphatic rings. The number of nitrogens with zero attached hydrogens (tertiary/aromatic N) is 2. The van der Waals surface area contributed by atoms with Crippen LogP contribution >= 0.6 is 0 Å². The van der Waals surface area contributed by atoms with Gasteiger partial charge in [-0.3, -0.25) is 9.59 Å². The lowest BCUT2D eigenvalue weighted by molar-refractivity contribution is -0.175. The number of hydrogen-bond acceptors (Lipinski definition) is 2. The van der Waals surface area contributed by atoms with E-state index in [1.54, 1.807) is 4.90 Å². The molecule has 0 N–H and O–H groups in total. The summed E-state index contributed by atoms with van der Waals surface area (Å²) in [6.07, 6.45) is 6.68. The molecule has 4 heteroatoms. The van der Waals surface area contributed by atoms with E-state index in [2.05, 4.69) is 26.8 Å². The number of hydrogen-bond donors (Lipinski definition) is 0. The Kier molecular flexibility index (Phi) is 3.02. The van der Waals surface area contributed by atoms with Crippen LogP contribution in [0.1, 0.15) is 40.0 Å². The van der Waals surface area contributed by atoms with E-state index in [-0.39, 0.29) is 22.6 Å². The molecule has 1 aliphatic carbocycles. The smallest absolute Gasteiger partial charge is 0.239 e. The zero-order chi connectivity index (χ0) is 15.5. The second kappa shape index (κ2) is 4.34. The first-order valence-corrected chi connectivity index (χ1v) is 7.96. The number of fused-ring (bicyclic) bond motifs is 2. The molecular weight excluding hydrogens is 264 g/mol. The number of rotatable bonds is 1. The van der Waals surface area contributed by atoms with E-state index in [1.165, 1.54) is 0 Å². The number of likely N-dealkylation sites (tertiary alicyclic amines) is 1. The fraction of sp³-hybridized carbons (Fsp3) is 0.765. The van der Waals surface area contributed by atoms with Gasteiger partial charge in [-0.25, -0.2) is 0 Å². The number of piperidine rings is 1. The van der Waals surface area contributed by atoms with Gasteiger partial charge < -0.3 is 9.80 Å². The SMILES string of the molecule is CN1C[C@]2(C)CC[C@](C(=O)N3CC=CCC3)(C1=O)C2(C)C. The topological polar surface area (TPSA) is 40.6 Å². The Labute approximate surface area is 127 Å². The van der Waals surface area contributed by atoms with Crippen LogP contribution in [0.5, 0.6) is 0 Å². The molecule has 3 rings (SSSR count). The molecule has 4 nitrogen and oxygen atoms in total. The van der Waals surface area contributed by atoms with E-state index >= 15 is 0 Å². The Morgan fingerprint density at radius 3 is 2.52 bits per heavy atom. The standard InChI is InChI=1S/C17H26N2O2/c1-15(2)16(3)8-9-17(15,13(20)18(4)12-16)14(21)19-10-6-5-7-11-19/h5-6H,7-12H2,1-4H3/t16-,17+/m0/s1. The van der Waals surface area contributed by atoms with Crippen molar-refractivity contribution in [3.8, 4) is 0 Å². The van der Waals surface area contributed by atoms with Crippen molar-refractivity contribution in [2.75, 3.05) is 26.7 Å². The fourth-order valence-corrected chi connectivity index (χ4v) is 4.74. The monoisotopic (exact) mass is 290 g/mol. The summed E-state index contributed by atoms with van der Waals surface area (Å²) >= 11 is 0. The maximum absolute atomic E-state index is 13.3. The highest BCUT2D eigenvalue weighted by Crippen LogP contribution is 2.66. The van der Waals surface area contributed by atoms with Gasteiger partial charge in [0.25, 0.3) is 0 Å². The minimum absolute atomic E-state index is 0.0247. The lowest BCUT2D eigenvalue weighted by atomic mass is 9.55. The number of carbonyl (C=O) groups is 2. The molecule has 116 valence electrons. The lowest BCUT2D eigenvalue weighted by Crippen LogP contribution is -2.65. The molecule has 2 aliphatic heterocycles. The van der Waals surface area contributed by atoms with Gasteiger partial charge in [0.2, 0.25) is 11.8 Å². The van der Waals surface area contributed by atoms with E-state index in [0.717, 1.165) is 25.9 Å². The molecule has 0 spiro atoms. The summed E-state index contributed by atoms with van der Waals surface area (Å²) in [5.41, 5.74) is -1.13. The molecule has 0 aromatic carbocycles. The van der Waals surface area contributed by atoms with E-state index in [1.807, 2.05) is 18.0 Å². The summed E-state index contributed by atoms with van der Waals surface area (Å²) in [5.74, 6) is 0.0825. The minimum Gasteiger partial charge on any atom is -0.344 e. The van der Waals surface area contributed by atoms with Crippen LogP contribution in [0.25, 0.3) is 0 Å². The zero-order valence-electron chi connectivity index (χ0n) is 13.6. The van der Waals surface area contributed by atoms with E-state index in [4.69, 9.17) is 0 Å². The van der Waals surface area contributed by atoms with Crippen molar-refractivity contribution in [2.24, 2.45) is 16.2 Å². The van der Waals surface area contributed by atoms with Crippen molar-refractivity contribution in [2.45, 2.75) is 40.0 Å². The molecule has 2 amide bonds. The predicted molar refractivity (Wildman–Crippen MR) is 81.5 cm³/mol. The van der Waals surface area contributed by atoms with Crippen LogP contribution in [0.4, 0.5) is 0 Å². The number of carbonyl (C=O) groups excluding carboxylic acids is 2. The minimum atomic E-state index is -0.861. The van der Waals surface area contributed by atoms with Gasteiger partial charge in [-0.2, -0.15) is 0 Å². The third-order valence-electron chi connectivity index (χ3n) is 6.64. The first-order chi connectivity index (χ1) is 9.76. The van der Waals surface area contributed by atoms with Gasteiger partial charge in [-0.15, -0.1) is 0 Å². The van der Waals surface area contributed by atoms with Crippen molar-refractivity contribution in [1.82, 2.24) is 9.80 Å².